The minimum absolute atomic E-state index is 1.13. The fraction of sp³-hybridized carbons (Fsp3) is 1.00. The first-order valence-electron chi connectivity index (χ1n) is 9.24. The van der Waals surface area contributed by atoms with Crippen LogP contribution in [0.3, 0.4) is 0 Å². The third kappa shape index (κ3) is 15.3. The second-order valence-electron chi connectivity index (χ2n) is 7.82. The molecule has 6 nitrogen and oxygen atoms in total. The Hall–Kier alpha value is -0.240. The molecule has 0 aromatic heterocycles. The van der Waals surface area contributed by atoms with Crippen LogP contribution in [0.4, 0.5) is 0 Å². The van der Waals surface area contributed by atoms with Gasteiger partial charge in [-0.2, -0.15) is 0 Å². The summed E-state index contributed by atoms with van der Waals surface area (Å²) in [5.41, 5.74) is 0. The quantitative estimate of drug-likeness (QED) is 0.408. The Bertz CT molecular complexity index is 257. The van der Waals surface area contributed by atoms with Gasteiger partial charge in [0.15, 0.2) is 0 Å². The van der Waals surface area contributed by atoms with E-state index in [-0.39, 0.29) is 0 Å². The van der Waals surface area contributed by atoms with Crippen LogP contribution < -0.4 is 0 Å². The Balaban J connectivity index is 3.68. The predicted octanol–water partition coefficient (Wildman–Crippen LogP) is -0.163. The van der Waals surface area contributed by atoms with Crippen molar-refractivity contribution in [3.63, 3.8) is 0 Å². The van der Waals surface area contributed by atoms with E-state index in [0.717, 1.165) is 65.4 Å². The van der Waals surface area contributed by atoms with Gasteiger partial charge in [0.25, 0.3) is 0 Å². The predicted molar refractivity (Wildman–Crippen MR) is 107 cm³/mol. The topological polar surface area (TPSA) is 19.4 Å². The molecule has 146 valence electrons. The lowest BCUT2D eigenvalue weighted by atomic mass is 10.4. The summed E-state index contributed by atoms with van der Waals surface area (Å²) in [7, 11) is 17.4. The van der Waals surface area contributed by atoms with E-state index < -0.39 is 0 Å². The average Bonchev–Trinajstić information content (AvgIpc) is 2.52. The maximum Gasteiger partial charge on any atom is 0.0107 e. The zero-order chi connectivity index (χ0) is 18.5. The Morgan fingerprint density at radius 3 is 0.625 bits per heavy atom. The highest BCUT2D eigenvalue weighted by atomic mass is 15.2. The van der Waals surface area contributed by atoms with E-state index in [1.165, 1.54) is 0 Å². The Kier molecular flexibility index (Phi) is 13.8. The van der Waals surface area contributed by atoms with E-state index in [9.17, 15) is 0 Å². The molecule has 0 heterocycles. The molecule has 0 N–H and O–H groups in total. The van der Waals surface area contributed by atoms with Gasteiger partial charge >= 0.3 is 0 Å². The van der Waals surface area contributed by atoms with Gasteiger partial charge in [-0.05, 0) is 56.4 Å². The van der Waals surface area contributed by atoms with E-state index in [4.69, 9.17) is 0 Å². The summed E-state index contributed by atoms with van der Waals surface area (Å²) >= 11 is 0. The first-order valence-corrected chi connectivity index (χ1v) is 9.24. The lowest BCUT2D eigenvalue weighted by molar-refractivity contribution is 0.202. The lowest BCUT2D eigenvalue weighted by Gasteiger charge is -2.26. The van der Waals surface area contributed by atoms with Crippen molar-refractivity contribution in [1.82, 2.24) is 29.4 Å². The van der Waals surface area contributed by atoms with Crippen LogP contribution in [0.15, 0.2) is 0 Å². The van der Waals surface area contributed by atoms with Crippen molar-refractivity contribution in [1.29, 1.82) is 0 Å². The molecule has 6 heteroatoms. The zero-order valence-electron chi connectivity index (χ0n) is 17.8. The molecule has 0 radical (unpaired) electrons. The molecule has 0 bridgehead atoms. The number of rotatable bonds is 15. The molecule has 0 aromatic rings. The van der Waals surface area contributed by atoms with Gasteiger partial charge in [-0.1, -0.05) is 0 Å². The second kappa shape index (κ2) is 14.0. The van der Waals surface area contributed by atoms with Crippen LogP contribution in [0.25, 0.3) is 0 Å². The third-order valence-corrected chi connectivity index (χ3v) is 4.45. The highest BCUT2D eigenvalue weighted by Gasteiger charge is 2.06. The molecule has 0 atom stereocenters. The molecule has 0 fully saturated rings. The summed E-state index contributed by atoms with van der Waals surface area (Å²) in [4.78, 5) is 14.2. The molecule has 0 aliphatic carbocycles. The van der Waals surface area contributed by atoms with Gasteiger partial charge in [-0.15, -0.1) is 0 Å². The molecule has 0 spiro atoms. The molecule has 0 amide bonds. The highest BCUT2D eigenvalue weighted by Crippen LogP contribution is 1.92. The number of likely N-dealkylation sites (N-methyl/N-ethyl adjacent to an activating group) is 6. The summed E-state index contributed by atoms with van der Waals surface area (Å²) in [6.45, 7) is 11.4. The zero-order valence-corrected chi connectivity index (χ0v) is 17.8. The summed E-state index contributed by atoms with van der Waals surface area (Å²) in [6.07, 6.45) is 0. The third-order valence-electron chi connectivity index (χ3n) is 4.45. The second-order valence-corrected chi connectivity index (χ2v) is 7.82. The van der Waals surface area contributed by atoms with Gasteiger partial charge in [0.05, 0.1) is 0 Å². The van der Waals surface area contributed by atoms with Gasteiger partial charge in [0.2, 0.25) is 0 Å². The van der Waals surface area contributed by atoms with E-state index in [1.54, 1.807) is 0 Å². The van der Waals surface area contributed by atoms with Crippen LogP contribution in [0.5, 0.6) is 0 Å². The van der Waals surface area contributed by atoms with E-state index in [0.29, 0.717) is 0 Å². The first-order chi connectivity index (χ1) is 11.2. The molecule has 0 aromatic carbocycles. The van der Waals surface area contributed by atoms with Gasteiger partial charge in [0, 0.05) is 65.4 Å². The van der Waals surface area contributed by atoms with Crippen LogP contribution in [-0.4, -0.2) is 151 Å². The van der Waals surface area contributed by atoms with E-state index in [2.05, 4.69) is 85.8 Å². The van der Waals surface area contributed by atoms with Crippen LogP contribution in [0, 0.1) is 0 Å². The first kappa shape index (κ1) is 23.8. The van der Waals surface area contributed by atoms with Crippen molar-refractivity contribution in [3.8, 4) is 0 Å². The maximum atomic E-state index is 2.44. The highest BCUT2D eigenvalue weighted by molar-refractivity contribution is 4.63. The SMILES string of the molecule is CN(C)CCN(C)CCN(C)CCN(C)CCN(C)CCN(C)C. The lowest BCUT2D eigenvalue weighted by Crippen LogP contribution is -2.39. The molecular formula is C18H44N6. The summed E-state index contributed by atoms with van der Waals surface area (Å²) in [5, 5.41) is 0. The van der Waals surface area contributed by atoms with Crippen LogP contribution in [-0.2, 0) is 0 Å². The molecule has 0 aliphatic heterocycles. The van der Waals surface area contributed by atoms with Gasteiger partial charge in [-0.25, -0.2) is 0 Å². The summed E-state index contributed by atoms with van der Waals surface area (Å²) in [6, 6.07) is 0. The Labute approximate surface area is 152 Å². The van der Waals surface area contributed by atoms with Crippen LogP contribution in [0.1, 0.15) is 0 Å². The minimum atomic E-state index is 1.13. The molecule has 0 saturated carbocycles. The van der Waals surface area contributed by atoms with Crippen molar-refractivity contribution in [2.45, 2.75) is 0 Å². The van der Waals surface area contributed by atoms with Crippen molar-refractivity contribution >= 4 is 0 Å². The maximum absolute atomic E-state index is 2.44. The largest absolute Gasteiger partial charge is 0.308 e. The summed E-state index contributed by atoms with van der Waals surface area (Å²) < 4.78 is 0. The number of nitrogens with zero attached hydrogens (tertiary/aromatic N) is 6. The number of hydrogen-bond donors (Lipinski definition) is 0. The molecule has 0 rings (SSSR count). The monoisotopic (exact) mass is 344 g/mol. The summed E-state index contributed by atoms with van der Waals surface area (Å²) in [5.74, 6) is 0. The fourth-order valence-electron chi connectivity index (χ4n) is 2.21. The molecule has 24 heavy (non-hydrogen) atoms. The van der Waals surface area contributed by atoms with Crippen LogP contribution >= 0.6 is 0 Å². The smallest absolute Gasteiger partial charge is 0.0107 e. The molecule has 0 unspecified atom stereocenters. The van der Waals surface area contributed by atoms with Crippen molar-refractivity contribution in [2.75, 3.05) is 122 Å². The van der Waals surface area contributed by atoms with Crippen LogP contribution in [0.2, 0.25) is 0 Å². The standard InChI is InChI=1S/C18H44N6/c1-19(2)9-11-21(5)13-15-23(7)17-18-24(8)16-14-22(6)12-10-20(3)4/h9-18H2,1-8H3. The Morgan fingerprint density at radius 1 is 0.292 bits per heavy atom. The van der Waals surface area contributed by atoms with E-state index >= 15 is 0 Å². The van der Waals surface area contributed by atoms with Gasteiger partial charge < -0.3 is 29.4 Å². The van der Waals surface area contributed by atoms with E-state index in [1.807, 2.05) is 0 Å². The molecule has 0 aliphatic rings. The average molecular weight is 345 g/mol. The fourth-order valence-corrected chi connectivity index (χ4v) is 2.21. The molecular weight excluding hydrogens is 300 g/mol. The van der Waals surface area contributed by atoms with Gasteiger partial charge in [0.1, 0.15) is 0 Å². The Morgan fingerprint density at radius 2 is 0.458 bits per heavy atom. The molecule has 0 saturated heterocycles. The normalized spacial score (nSPS) is 12.8. The minimum Gasteiger partial charge on any atom is -0.308 e. The van der Waals surface area contributed by atoms with Gasteiger partial charge in [-0.3, -0.25) is 0 Å². The van der Waals surface area contributed by atoms with Crippen molar-refractivity contribution in [3.05, 3.63) is 0 Å². The number of hydrogen-bond acceptors (Lipinski definition) is 6. The van der Waals surface area contributed by atoms with Crippen molar-refractivity contribution in [2.24, 2.45) is 0 Å². The van der Waals surface area contributed by atoms with Crippen molar-refractivity contribution < 1.29 is 0 Å².